The third-order valence-corrected chi connectivity index (χ3v) is 5.59. The molecule has 0 spiro atoms. The van der Waals surface area contributed by atoms with Crippen LogP contribution in [-0.4, -0.2) is 27.2 Å². The van der Waals surface area contributed by atoms with Gasteiger partial charge < -0.3 is 0 Å². The van der Waals surface area contributed by atoms with Gasteiger partial charge in [0.15, 0.2) is 0 Å². The first-order valence-electron chi connectivity index (χ1n) is 4.74. The van der Waals surface area contributed by atoms with Gasteiger partial charge in [-0.3, -0.25) is 0 Å². The summed E-state index contributed by atoms with van der Waals surface area (Å²) >= 11 is 1.80. The van der Waals surface area contributed by atoms with Crippen molar-refractivity contribution in [2.45, 2.75) is 33.1 Å². The van der Waals surface area contributed by atoms with Crippen molar-refractivity contribution < 1.29 is 9.53 Å². The summed E-state index contributed by atoms with van der Waals surface area (Å²) < 4.78 is 5.67. The van der Waals surface area contributed by atoms with E-state index in [9.17, 15) is 4.79 Å². The molecule has 0 unspecified atom stereocenters. The van der Waals surface area contributed by atoms with E-state index in [2.05, 4.69) is 30.7 Å². The van der Waals surface area contributed by atoms with Crippen molar-refractivity contribution in [2.75, 3.05) is 6.61 Å². The molecular weight excluding hydrogens is 277 g/mol. The summed E-state index contributed by atoms with van der Waals surface area (Å²) in [6.07, 6.45) is -0.467. The average molecular weight is 292 g/mol. The van der Waals surface area contributed by atoms with Gasteiger partial charge in [0.05, 0.1) is 0 Å². The third kappa shape index (κ3) is 3.93. The van der Waals surface area contributed by atoms with E-state index >= 15 is 0 Å². The van der Waals surface area contributed by atoms with Crippen LogP contribution >= 0.6 is 11.3 Å². The Labute approximate surface area is 99.6 Å². The van der Waals surface area contributed by atoms with Gasteiger partial charge in [-0.05, 0) is 0 Å². The van der Waals surface area contributed by atoms with Crippen molar-refractivity contribution in [2.24, 2.45) is 4.99 Å². The number of amides is 1. The number of nitrogens with zero attached hydrogens (tertiary/aromatic N) is 1. The molecule has 0 radical (unpaired) electrons. The number of carbonyl (C=O) groups excluding carboxylic acids is 1. The standard InChI is InChI=1S/C10H15NO2SSe/c1-5-13-8(12)11-9-14-7(6-15-9)10(2,3)4/h6H,5H2,1-4H3. The Kier molecular flexibility index (Phi) is 4.32. The van der Waals surface area contributed by atoms with E-state index in [1.54, 1.807) is 18.3 Å². The van der Waals surface area contributed by atoms with Crippen LogP contribution in [-0.2, 0) is 10.2 Å². The monoisotopic (exact) mass is 293 g/mol. The van der Waals surface area contributed by atoms with Crippen molar-refractivity contribution in [3.05, 3.63) is 13.4 Å². The molecule has 84 valence electrons. The minimum absolute atomic E-state index is 0.151. The summed E-state index contributed by atoms with van der Waals surface area (Å²) in [7, 11) is 0. The van der Waals surface area contributed by atoms with Crippen molar-refractivity contribution in [3.8, 4) is 0 Å². The summed E-state index contributed by atoms with van der Waals surface area (Å²) in [5.74, 6) is 0. The van der Waals surface area contributed by atoms with E-state index < -0.39 is 6.09 Å². The summed E-state index contributed by atoms with van der Waals surface area (Å²) in [6, 6.07) is 0. The van der Waals surface area contributed by atoms with E-state index in [4.69, 9.17) is 4.74 Å². The van der Waals surface area contributed by atoms with Crippen molar-refractivity contribution >= 4 is 31.9 Å². The second-order valence-electron chi connectivity index (χ2n) is 4.03. The predicted octanol–water partition coefficient (Wildman–Crippen LogP) is 2.16. The van der Waals surface area contributed by atoms with Gasteiger partial charge in [0.1, 0.15) is 0 Å². The summed E-state index contributed by atoms with van der Waals surface area (Å²) in [6.45, 7) is 8.65. The molecule has 0 atom stereocenters. The molecule has 1 heterocycles. The molecule has 1 aromatic heterocycles. The van der Waals surface area contributed by atoms with E-state index in [1.807, 2.05) is 0 Å². The molecule has 0 aliphatic carbocycles. The molecule has 0 aliphatic rings. The maximum absolute atomic E-state index is 11.1. The van der Waals surface area contributed by atoms with Gasteiger partial charge in [-0.1, -0.05) is 0 Å². The number of ether oxygens (including phenoxy) is 1. The Hall–Kier alpha value is -0.381. The molecule has 0 bridgehead atoms. The van der Waals surface area contributed by atoms with Crippen molar-refractivity contribution in [1.29, 1.82) is 0 Å². The van der Waals surface area contributed by atoms with Crippen LogP contribution in [0.2, 0.25) is 0 Å². The molecule has 0 saturated carbocycles. The Balaban J connectivity index is 2.89. The Morgan fingerprint density at radius 3 is 2.73 bits per heavy atom. The first-order chi connectivity index (χ1) is 6.93. The molecule has 15 heavy (non-hydrogen) atoms. The maximum atomic E-state index is 11.1. The fraction of sp³-hybridized carbons (Fsp3) is 0.600. The number of hydrogen-bond acceptors (Lipinski definition) is 3. The van der Waals surface area contributed by atoms with Crippen molar-refractivity contribution in [1.82, 2.24) is 0 Å². The van der Waals surface area contributed by atoms with Crippen LogP contribution in [0.15, 0.2) is 9.93 Å². The molecule has 5 heteroatoms. The molecule has 3 nitrogen and oxygen atoms in total. The Bertz CT molecular complexity index is 400. The summed E-state index contributed by atoms with van der Waals surface area (Å²) in [4.78, 5) is 18.5. The minimum atomic E-state index is -0.467. The summed E-state index contributed by atoms with van der Waals surface area (Å²) in [5.41, 5.74) is 0.151. The van der Waals surface area contributed by atoms with Crippen LogP contribution < -0.4 is 3.54 Å². The predicted molar refractivity (Wildman–Crippen MR) is 62.5 cm³/mol. The molecule has 0 fully saturated rings. The molecule has 0 aromatic carbocycles. The molecule has 1 amide bonds. The van der Waals surface area contributed by atoms with Crippen LogP contribution in [0.4, 0.5) is 4.79 Å². The van der Waals surface area contributed by atoms with E-state index in [-0.39, 0.29) is 19.9 Å². The fourth-order valence-electron chi connectivity index (χ4n) is 0.855. The zero-order valence-electron chi connectivity index (χ0n) is 9.36. The van der Waals surface area contributed by atoms with E-state index in [0.717, 1.165) is 3.54 Å². The van der Waals surface area contributed by atoms with Gasteiger partial charge >= 0.3 is 99.5 Å². The Morgan fingerprint density at radius 1 is 1.60 bits per heavy atom. The zero-order chi connectivity index (χ0) is 11.5. The van der Waals surface area contributed by atoms with Gasteiger partial charge in [0, 0.05) is 0 Å². The second kappa shape index (κ2) is 5.10. The van der Waals surface area contributed by atoms with Gasteiger partial charge in [0.25, 0.3) is 0 Å². The second-order valence-corrected chi connectivity index (χ2v) is 7.44. The Morgan fingerprint density at radius 2 is 2.27 bits per heavy atom. The third-order valence-electron chi connectivity index (χ3n) is 1.65. The van der Waals surface area contributed by atoms with E-state index in [0.29, 0.717) is 6.61 Å². The number of hydrogen-bond donors (Lipinski definition) is 0. The average Bonchev–Trinajstić information content (AvgIpc) is 2.52. The SMILES string of the molecule is CCOC(=O)N=c1sc(C(C)(C)C)c[se]1. The molecule has 1 aromatic rings. The van der Waals surface area contributed by atoms with Gasteiger partial charge in [-0.2, -0.15) is 0 Å². The quantitative estimate of drug-likeness (QED) is 0.744. The molecule has 0 N–H and O–H groups in total. The van der Waals surface area contributed by atoms with Crippen LogP contribution in [0, 0.1) is 0 Å². The van der Waals surface area contributed by atoms with Crippen LogP contribution in [0.1, 0.15) is 32.6 Å². The molecular formula is C10H15NO2SSe. The van der Waals surface area contributed by atoms with Gasteiger partial charge in [-0.25, -0.2) is 0 Å². The number of rotatable bonds is 1. The summed E-state index contributed by atoms with van der Waals surface area (Å²) in [5, 5.41) is 0. The van der Waals surface area contributed by atoms with Gasteiger partial charge in [-0.15, -0.1) is 0 Å². The van der Waals surface area contributed by atoms with E-state index in [1.165, 1.54) is 4.88 Å². The first kappa shape index (κ1) is 12.7. The van der Waals surface area contributed by atoms with Gasteiger partial charge in [0.2, 0.25) is 0 Å². The first-order valence-corrected chi connectivity index (χ1v) is 7.40. The zero-order valence-corrected chi connectivity index (χ0v) is 11.9. The molecule has 0 saturated heterocycles. The molecule has 0 aliphatic heterocycles. The molecule has 1 rings (SSSR count). The topological polar surface area (TPSA) is 38.7 Å². The van der Waals surface area contributed by atoms with Crippen molar-refractivity contribution in [3.63, 3.8) is 0 Å². The number of carbonyl (C=O) groups is 1. The normalized spacial score (nSPS) is 12.9. The van der Waals surface area contributed by atoms with Crippen LogP contribution in [0.5, 0.6) is 0 Å². The van der Waals surface area contributed by atoms with Crippen LogP contribution in [0.25, 0.3) is 0 Å². The fourth-order valence-corrected chi connectivity index (χ4v) is 4.68. The van der Waals surface area contributed by atoms with Crippen LogP contribution in [0.3, 0.4) is 0 Å².